The Morgan fingerprint density at radius 3 is 2.41 bits per heavy atom. The maximum absolute atomic E-state index is 12.4. The first-order chi connectivity index (χ1) is 10.4. The Bertz CT molecular complexity index is 693. The van der Waals surface area contributed by atoms with Crippen molar-refractivity contribution in [1.29, 1.82) is 0 Å². The fraction of sp³-hybridized carbons (Fsp3) is 0.235. The van der Waals surface area contributed by atoms with E-state index in [9.17, 15) is 4.79 Å². The van der Waals surface area contributed by atoms with Crippen molar-refractivity contribution in [3.8, 4) is 5.75 Å². The molecule has 0 aliphatic carbocycles. The van der Waals surface area contributed by atoms with E-state index in [1.807, 2.05) is 32.9 Å². The molecule has 0 fully saturated rings. The molecule has 2 rings (SSSR count). The van der Waals surface area contributed by atoms with Crippen LogP contribution in [0.3, 0.4) is 0 Å². The normalized spacial score (nSPS) is 10.4. The lowest BCUT2D eigenvalue weighted by molar-refractivity contribution is 0.102. The minimum atomic E-state index is -0.135. The number of carbonyl (C=O) groups is 1. The predicted octanol–water partition coefficient (Wildman–Crippen LogP) is 5.32. The first-order valence-electron chi connectivity index (χ1n) is 6.92. The molecule has 0 aliphatic heterocycles. The number of ether oxygens (including phenoxy) is 1. The molecule has 0 unspecified atom stereocenters. The van der Waals surface area contributed by atoms with Gasteiger partial charge in [-0.15, -0.1) is 0 Å². The van der Waals surface area contributed by atoms with Gasteiger partial charge < -0.3 is 10.1 Å². The van der Waals surface area contributed by atoms with E-state index in [1.165, 1.54) is 3.57 Å². The molecule has 0 heterocycles. The highest BCUT2D eigenvalue weighted by Gasteiger charge is 2.11. The van der Waals surface area contributed by atoms with E-state index < -0.39 is 0 Å². The third-order valence-electron chi connectivity index (χ3n) is 3.19. The number of aryl methyl sites for hydroxylation is 2. The second kappa shape index (κ2) is 7.46. The van der Waals surface area contributed by atoms with Gasteiger partial charge >= 0.3 is 0 Å². The van der Waals surface area contributed by atoms with Crippen LogP contribution in [0.5, 0.6) is 5.75 Å². The highest BCUT2D eigenvalue weighted by molar-refractivity contribution is 14.1. The Hall–Kier alpha value is -1.08. The van der Waals surface area contributed by atoms with Crippen molar-refractivity contribution in [2.24, 2.45) is 0 Å². The minimum Gasteiger partial charge on any atom is -0.493 e. The molecule has 0 saturated heterocycles. The van der Waals surface area contributed by atoms with Crippen molar-refractivity contribution < 1.29 is 9.53 Å². The summed E-state index contributed by atoms with van der Waals surface area (Å²) in [6.07, 6.45) is 0. The first kappa shape index (κ1) is 17.3. The van der Waals surface area contributed by atoms with Crippen LogP contribution in [0, 0.1) is 17.4 Å². The number of anilines is 1. The molecule has 0 atom stereocenters. The Balaban J connectivity index is 2.21. The number of carbonyl (C=O) groups excluding carboxylic acids is 1. The van der Waals surface area contributed by atoms with E-state index in [0.29, 0.717) is 12.2 Å². The van der Waals surface area contributed by atoms with Crippen LogP contribution in [0.2, 0.25) is 0 Å². The molecular weight excluding hydrogens is 457 g/mol. The van der Waals surface area contributed by atoms with Crippen molar-refractivity contribution in [2.75, 3.05) is 11.9 Å². The molecule has 1 amide bonds. The topological polar surface area (TPSA) is 38.3 Å². The van der Waals surface area contributed by atoms with Gasteiger partial charge in [0.25, 0.3) is 5.91 Å². The van der Waals surface area contributed by atoms with Crippen molar-refractivity contribution in [2.45, 2.75) is 20.8 Å². The van der Waals surface area contributed by atoms with Crippen LogP contribution in [0.25, 0.3) is 0 Å². The largest absolute Gasteiger partial charge is 0.493 e. The monoisotopic (exact) mass is 473 g/mol. The zero-order valence-electron chi connectivity index (χ0n) is 12.7. The van der Waals surface area contributed by atoms with E-state index in [0.717, 1.165) is 27.0 Å². The summed E-state index contributed by atoms with van der Waals surface area (Å²) in [5.74, 6) is 0.601. The second-order valence-electron chi connectivity index (χ2n) is 4.96. The molecule has 0 radical (unpaired) electrons. The van der Waals surface area contributed by atoms with Gasteiger partial charge in [0, 0.05) is 14.8 Å². The summed E-state index contributed by atoms with van der Waals surface area (Å²) in [4.78, 5) is 12.4. The molecule has 116 valence electrons. The maximum Gasteiger partial charge on any atom is 0.255 e. The van der Waals surface area contributed by atoms with Crippen LogP contribution in [-0.4, -0.2) is 12.5 Å². The lowest BCUT2D eigenvalue weighted by atomic mass is 10.1. The third-order valence-corrected chi connectivity index (χ3v) is 5.51. The Kier molecular flexibility index (Phi) is 5.86. The summed E-state index contributed by atoms with van der Waals surface area (Å²) in [5.41, 5.74) is 3.71. The van der Waals surface area contributed by atoms with Crippen LogP contribution >= 0.6 is 38.5 Å². The molecule has 1 N–H and O–H groups in total. The number of rotatable bonds is 4. The van der Waals surface area contributed by atoms with Gasteiger partial charge in [0.15, 0.2) is 0 Å². The van der Waals surface area contributed by atoms with E-state index >= 15 is 0 Å². The molecule has 2 aromatic rings. The third kappa shape index (κ3) is 4.01. The molecule has 0 saturated carbocycles. The van der Waals surface area contributed by atoms with Crippen molar-refractivity contribution in [3.05, 3.63) is 55.1 Å². The zero-order valence-corrected chi connectivity index (χ0v) is 16.4. The molecule has 3 nitrogen and oxygen atoms in total. The standard InChI is InChI=1S/C17H17BrINO2/c1-4-22-15-6-5-12(9-14(15)18)17(21)20-13-7-10(2)16(19)11(3)8-13/h5-9H,4H2,1-3H3,(H,20,21). The Morgan fingerprint density at radius 1 is 1.23 bits per heavy atom. The van der Waals surface area contributed by atoms with Gasteiger partial charge in [-0.05, 0) is 101 Å². The lowest BCUT2D eigenvalue weighted by Crippen LogP contribution is -2.12. The summed E-state index contributed by atoms with van der Waals surface area (Å²) >= 11 is 5.74. The van der Waals surface area contributed by atoms with Crippen LogP contribution < -0.4 is 10.1 Å². The smallest absolute Gasteiger partial charge is 0.255 e. The van der Waals surface area contributed by atoms with Gasteiger partial charge in [-0.2, -0.15) is 0 Å². The average Bonchev–Trinajstić information content (AvgIpc) is 2.47. The molecule has 0 aliphatic rings. The van der Waals surface area contributed by atoms with Crippen LogP contribution in [0.4, 0.5) is 5.69 Å². The quantitative estimate of drug-likeness (QED) is 0.610. The highest BCUT2D eigenvalue weighted by atomic mass is 127. The van der Waals surface area contributed by atoms with Crippen molar-refractivity contribution in [3.63, 3.8) is 0 Å². The SMILES string of the molecule is CCOc1ccc(C(=O)Nc2cc(C)c(I)c(C)c2)cc1Br. The number of halogens is 2. The minimum absolute atomic E-state index is 0.135. The van der Waals surface area contributed by atoms with Crippen molar-refractivity contribution >= 4 is 50.1 Å². The molecule has 0 bridgehead atoms. The highest BCUT2D eigenvalue weighted by Crippen LogP contribution is 2.27. The average molecular weight is 474 g/mol. The maximum atomic E-state index is 12.4. The van der Waals surface area contributed by atoms with E-state index in [-0.39, 0.29) is 5.91 Å². The van der Waals surface area contributed by atoms with Gasteiger partial charge in [0.2, 0.25) is 0 Å². The summed E-state index contributed by atoms with van der Waals surface area (Å²) in [7, 11) is 0. The van der Waals surface area contributed by atoms with Crippen LogP contribution in [0.1, 0.15) is 28.4 Å². The molecule has 22 heavy (non-hydrogen) atoms. The Labute approximate surface area is 152 Å². The summed E-state index contributed by atoms with van der Waals surface area (Å²) in [5, 5.41) is 2.94. The predicted molar refractivity (Wildman–Crippen MR) is 102 cm³/mol. The van der Waals surface area contributed by atoms with E-state index in [1.54, 1.807) is 18.2 Å². The zero-order chi connectivity index (χ0) is 16.3. The van der Waals surface area contributed by atoms with Gasteiger partial charge in [0.1, 0.15) is 5.75 Å². The van der Waals surface area contributed by atoms with Crippen molar-refractivity contribution in [1.82, 2.24) is 0 Å². The van der Waals surface area contributed by atoms with E-state index in [4.69, 9.17) is 4.74 Å². The van der Waals surface area contributed by atoms with Gasteiger partial charge in [-0.25, -0.2) is 0 Å². The second-order valence-corrected chi connectivity index (χ2v) is 6.89. The number of hydrogen-bond donors (Lipinski definition) is 1. The van der Waals surface area contributed by atoms with Gasteiger partial charge in [-0.1, -0.05) is 0 Å². The summed E-state index contributed by atoms with van der Waals surface area (Å²) in [6.45, 7) is 6.59. The number of hydrogen-bond acceptors (Lipinski definition) is 2. The lowest BCUT2D eigenvalue weighted by Gasteiger charge is -2.11. The number of nitrogens with one attached hydrogen (secondary N) is 1. The van der Waals surface area contributed by atoms with Gasteiger partial charge in [0.05, 0.1) is 11.1 Å². The number of benzene rings is 2. The fourth-order valence-corrected chi connectivity index (χ4v) is 2.94. The molecule has 5 heteroatoms. The fourth-order valence-electron chi connectivity index (χ4n) is 2.14. The van der Waals surface area contributed by atoms with Crippen LogP contribution in [0.15, 0.2) is 34.8 Å². The Morgan fingerprint density at radius 2 is 1.86 bits per heavy atom. The van der Waals surface area contributed by atoms with Gasteiger partial charge in [-0.3, -0.25) is 4.79 Å². The molecule has 0 spiro atoms. The number of amides is 1. The first-order valence-corrected chi connectivity index (χ1v) is 8.80. The molecule has 2 aromatic carbocycles. The van der Waals surface area contributed by atoms with Crippen LogP contribution in [-0.2, 0) is 0 Å². The summed E-state index contributed by atoms with van der Waals surface area (Å²) < 4.78 is 7.45. The molecular formula is C17H17BrINO2. The molecule has 0 aromatic heterocycles. The van der Waals surface area contributed by atoms with E-state index in [2.05, 4.69) is 43.8 Å². The summed E-state index contributed by atoms with van der Waals surface area (Å²) in [6, 6.07) is 9.30.